The van der Waals surface area contributed by atoms with Crippen molar-refractivity contribution in [1.82, 2.24) is 4.57 Å². The van der Waals surface area contributed by atoms with E-state index in [-0.39, 0.29) is 0 Å². The zero-order chi connectivity index (χ0) is 20.1. The third-order valence-corrected chi connectivity index (χ3v) is 5.98. The van der Waals surface area contributed by atoms with Crippen LogP contribution in [0.5, 0.6) is 0 Å². The van der Waals surface area contributed by atoms with Gasteiger partial charge in [-0.05, 0) is 41.2 Å². The van der Waals surface area contributed by atoms with Crippen molar-refractivity contribution in [3.63, 3.8) is 0 Å². The van der Waals surface area contributed by atoms with E-state index in [9.17, 15) is 0 Å². The summed E-state index contributed by atoms with van der Waals surface area (Å²) in [6.07, 6.45) is 0.983. The topological polar surface area (TPSA) is 17.3 Å². The summed E-state index contributed by atoms with van der Waals surface area (Å²) in [6, 6.07) is 29.8. The van der Waals surface area contributed by atoms with E-state index in [4.69, 9.17) is 4.99 Å². The summed E-state index contributed by atoms with van der Waals surface area (Å²) in [5.74, 6) is 0.542. The second-order valence-electron chi connectivity index (χ2n) is 7.51. The molecule has 0 radical (unpaired) electrons. The lowest BCUT2D eigenvalue weighted by molar-refractivity contribution is 0.684. The molecule has 0 unspecified atom stereocenters. The molecule has 1 aromatic heterocycles. The van der Waals surface area contributed by atoms with Crippen LogP contribution >= 0.6 is 11.3 Å². The number of aryl methyl sites for hydroxylation is 1. The average Bonchev–Trinajstić information content (AvgIpc) is 3.16. The molecule has 0 atom stereocenters. The first-order valence-electron chi connectivity index (χ1n) is 10.1. The number of aromatic nitrogens is 1. The van der Waals surface area contributed by atoms with Crippen LogP contribution in [0, 0.1) is 0 Å². The van der Waals surface area contributed by atoms with Gasteiger partial charge < -0.3 is 4.57 Å². The van der Waals surface area contributed by atoms with Gasteiger partial charge in [-0.2, -0.15) is 0 Å². The first-order chi connectivity index (χ1) is 14.2. The van der Waals surface area contributed by atoms with Crippen molar-refractivity contribution in [2.24, 2.45) is 4.99 Å². The van der Waals surface area contributed by atoms with Crippen LogP contribution in [0.2, 0.25) is 0 Å². The number of benzene rings is 3. The summed E-state index contributed by atoms with van der Waals surface area (Å²) < 4.78 is 2.36. The van der Waals surface area contributed by atoms with E-state index in [1.165, 1.54) is 22.4 Å². The minimum atomic E-state index is 0.542. The predicted octanol–water partition coefficient (Wildman–Crippen LogP) is 6.82. The highest BCUT2D eigenvalue weighted by atomic mass is 32.1. The van der Waals surface area contributed by atoms with Gasteiger partial charge in [0.2, 0.25) is 0 Å². The Hall–Kier alpha value is -2.91. The quantitative estimate of drug-likeness (QED) is 0.339. The van der Waals surface area contributed by atoms with Crippen LogP contribution < -0.4 is 4.80 Å². The first-order valence-corrected chi connectivity index (χ1v) is 11.0. The molecule has 146 valence electrons. The van der Waals surface area contributed by atoms with Crippen LogP contribution in [-0.2, 0) is 13.0 Å². The van der Waals surface area contributed by atoms with Gasteiger partial charge in [0, 0.05) is 11.9 Å². The third kappa shape index (κ3) is 4.75. The summed E-state index contributed by atoms with van der Waals surface area (Å²) in [7, 11) is 0. The lowest BCUT2D eigenvalue weighted by Gasteiger charge is -2.11. The maximum Gasteiger partial charge on any atom is 0.190 e. The molecule has 3 heteroatoms. The zero-order valence-electron chi connectivity index (χ0n) is 17.0. The van der Waals surface area contributed by atoms with Crippen molar-refractivity contribution in [2.45, 2.75) is 32.7 Å². The predicted molar refractivity (Wildman–Crippen MR) is 124 cm³/mol. The van der Waals surface area contributed by atoms with Crippen molar-refractivity contribution < 1.29 is 0 Å². The lowest BCUT2D eigenvalue weighted by atomic mass is 10.0. The summed E-state index contributed by atoms with van der Waals surface area (Å²) in [4.78, 5) is 5.96. The number of nitrogens with zero attached hydrogens (tertiary/aromatic N) is 2. The number of rotatable bonds is 6. The Labute approximate surface area is 176 Å². The van der Waals surface area contributed by atoms with Gasteiger partial charge in [0.15, 0.2) is 4.80 Å². The van der Waals surface area contributed by atoms with Crippen LogP contribution in [0.1, 0.15) is 30.9 Å². The van der Waals surface area contributed by atoms with E-state index in [0.717, 1.165) is 23.5 Å². The van der Waals surface area contributed by atoms with E-state index in [1.807, 2.05) is 18.2 Å². The maximum absolute atomic E-state index is 4.93. The van der Waals surface area contributed by atoms with E-state index in [1.54, 1.807) is 11.3 Å². The van der Waals surface area contributed by atoms with E-state index in [0.29, 0.717) is 5.92 Å². The largest absolute Gasteiger partial charge is 0.316 e. The van der Waals surface area contributed by atoms with Gasteiger partial charge in [-0.15, -0.1) is 11.3 Å². The molecule has 3 aromatic carbocycles. The van der Waals surface area contributed by atoms with Crippen molar-refractivity contribution >= 4 is 17.0 Å². The fourth-order valence-electron chi connectivity index (χ4n) is 3.40. The van der Waals surface area contributed by atoms with Gasteiger partial charge in [-0.1, -0.05) is 86.6 Å². The average molecular weight is 399 g/mol. The lowest BCUT2D eigenvalue weighted by Crippen LogP contribution is -2.17. The second-order valence-corrected chi connectivity index (χ2v) is 8.35. The van der Waals surface area contributed by atoms with Gasteiger partial charge in [0.25, 0.3) is 0 Å². The molecule has 29 heavy (non-hydrogen) atoms. The number of hydrogen-bond acceptors (Lipinski definition) is 2. The highest BCUT2D eigenvalue weighted by molar-refractivity contribution is 7.07. The van der Waals surface area contributed by atoms with Crippen molar-refractivity contribution in [3.8, 4) is 11.3 Å². The molecule has 4 aromatic rings. The molecule has 0 amide bonds. The highest BCUT2D eigenvalue weighted by Gasteiger charge is 2.09. The molecule has 1 heterocycles. The fraction of sp³-hybridized carbons (Fsp3) is 0.192. The van der Waals surface area contributed by atoms with E-state index < -0.39 is 0 Å². The van der Waals surface area contributed by atoms with E-state index >= 15 is 0 Å². The molecule has 0 aliphatic rings. The SMILES string of the molecule is CC(C)c1ccc(-c2csc(=Nc3ccccc3)n2CCc2ccccc2)cc1. The summed E-state index contributed by atoms with van der Waals surface area (Å²) in [5.41, 5.74) is 6.18. The number of thiazole rings is 1. The maximum atomic E-state index is 4.93. The highest BCUT2D eigenvalue weighted by Crippen LogP contribution is 2.24. The van der Waals surface area contributed by atoms with Gasteiger partial charge in [-0.3, -0.25) is 0 Å². The third-order valence-electron chi connectivity index (χ3n) is 5.12. The minimum absolute atomic E-state index is 0.542. The Morgan fingerprint density at radius 3 is 2.14 bits per heavy atom. The summed E-state index contributed by atoms with van der Waals surface area (Å²) >= 11 is 1.71. The summed E-state index contributed by atoms with van der Waals surface area (Å²) in [6.45, 7) is 5.37. The normalized spacial score (nSPS) is 11.9. The molecular weight excluding hydrogens is 372 g/mol. The number of hydrogen-bond donors (Lipinski definition) is 0. The van der Waals surface area contributed by atoms with Crippen molar-refractivity contribution in [1.29, 1.82) is 0 Å². The Kier molecular flexibility index (Phi) is 6.06. The Balaban J connectivity index is 1.73. The monoisotopic (exact) mass is 398 g/mol. The molecule has 0 saturated heterocycles. The van der Waals surface area contributed by atoms with Gasteiger partial charge in [0.05, 0.1) is 11.4 Å². The molecule has 0 fully saturated rings. The van der Waals surface area contributed by atoms with Crippen molar-refractivity contribution in [2.75, 3.05) is 0 Å². The van der Waals surface area contributed by atoms with Crippen LogP contribution in [0.15, 0.2) is 95.3 Å². The van der Waals surface area contributed by atoms with E-state index in [2.05, 4.69) is 90.5 Å². The summed E-state index contributed by atoms with van der Waals surface area (Å²) in [5, 5.41) is 2.23. The molecular formula is C26H26N2S. The van der Waals surface area contributed by atoms with Gasteiger partial charge in [-0.25, -0.2) is 4.99 Å². The molecule has 0 aliphatic carbocycles. The Morgan fingerprint density at radius 2 is 1.48 bits per heavy atom. The minimum Gasteiger partial charge on any atom is -0.316 e. The van der Waals surface area contributed by atoms with Crippen LogP contribution in [0.25, 0.3) is 11.3 Å². The second kappa shape index (κ2) is 9.06. The van der Waals surface area contributed by atoms with Gasteiger partial charge in [0.1, 0.15) is 0 Å². The number of para-hydroxylation sites is 1. The molecule has 0 spiro atoms. The van der Waals surface area contributed by atoms with Crippen LogP contribution in [0.4, 0.5) is 5.69 Å². The van der Waals surface area contributed by atoms with Crippen molar-refractivity contribution in [3.05, 3.63) is 106 Å². The fourth-order valence-corrected chi connectivity index (χ4v) is 4.36. The van der Waals surface area contributed by atoms with Gasteiger partial charge >= 0.3 is 0 Å². The molecule has 4 rings (SSSR count). The molecule has 0 bridgehead atoms. The van der Waals surface area contributed by atoms with Crippen LogP contribution in [-0.4, -0.2) is 4.57 Å². The smallest absolute Gasteiger partial charge is 0.190 e. The Bertz CT molecular complexity index is 1100. The van der Waals surface area contributed by atoms with Crippen LogP contribution in [0.3, 0.4) is 0 Å². The molecule has 0 aliphatic heterocycles. The first kappa shape index (κ1) is 19.4. The standard InChI is InChI=1S/C26H26N2S/c1-20(2)22-13-15-23(16-14-22)25-19-29-26(27-24-11-7-4-8-12-24)28(25)18-17-21-9-5-3-6-10-21/h3-16,19-20H,17-18H2,1-2H3. The molecule has 0 saturated carbocycles. The Morgan fingerprint density at radius 1 is 0.828 bits per heavy atom. The molecule has 0 N–H and O–H groups in total. The molecule has 2 nitrogen and oxygen atoms in total. The zero-order valence-corrected chi connectivity index (χ0v) is 17.8.